The van der Waals surface area contributed by atoms with E-state index in [2.05, 4.69) is 278 Å². The van der Waals surface area contributed by atoms with Gasteiger partial charge in [-0.2, -0.15) is 0 Å². The molecule has 0 spiro atoms. The summed E-state index contributed by atoms with van der Waals surface area (Å²) in [5.74, 6) is 0. The van der Waals surface area contributed by atoms with Crippen LogP contribution < -0.4 is 4.90 Å². The average Bonchev–Trinajstić information content (AvgIpc) is 3.72. The summed E-state index contributed by atoms with van der Waals surface area (Å²) in [7, 11) is 0. The topological polar surface area (TPSA) is 3.24 Å². The number of benzene rings is 12. The fourth-order valence-corrected chi connectivity index (χ4v) is 11.1. The predicted octanol–water partition coefficient (Wildman–Crippen LogP) is 18.0. The van der Waals surface area contributed by atoms with Crippen LogP contribution >= 0.6 is 0 Å². The highest BCUT2D eigenvalue weighted by Crippen LogP contribution is 2.57. The van der Waals surface area contributed by atoms with E-state index in [0.29, 0.717) is 0 Å². The molecule has 13 rings (SSSR count). The quantitative estimate of drug-likeness (QED) is 0.138. The maximum atomic E-state index is 2.42. The summed E-state index contributed by atoms with van der Waals surface area (Å²) in [5, 5.41) is 7.58. The first-order valence-electron chi connectivity index (χ1n) is 23.6. The molecule has 68 heavy (non-hydrogen) atoms. The average molecular weight is 864 g/mol. The van der Waals surface area contributed by atoms with E-state index in [-0.39, 0.29) is 0 Å². The smallest absolute Gasteiger partial charge is 0.0713 e. The summed E-state index contributed by atoms with van der Waals surface area (Å²) in [4.78, 5) is 2.42. The van der Waals surface area contributed by atoms with E-state index < -0.39 is 5.41 Å². The first-order valence-corrected chi connectivity index (χ1v) is 23.6. The van der Waals surface area contributed by atoms with Gasteiger partial charge in [0.1, 0.15) is 0 Å². The van der Waals surface area contributed by atoms with Gasteiger partial charge in [0.2, 0.25) is 0 Å². The molecule has 0 aromatic heterocycles. The molecule has 0 atom stereocenters. The number of anilines is 3. The number of nitrogens with zero attached hydrogens (tertiary/aromatic N) is 1. The zero-order valence-electron chi connectivity index (χ0n) is 37.4. The third kappa shape index (κ3) is 6.47. The highest BCUT2D eigenvalue weighted by Gasteiger charge is 2.46. The highest BCUT2D eigenvalue weighted by atomic mass is 15.1. The minimum absolute atomic E-state index is 0.464. The number of hydrogen-bond donors (Lipinski definition) is 0. The van der Waals surface area contributed by atoms with Gasteiger partial charge in [-0.05, 0) is 142 Å². The minimum Gasteiger partial charge on any atom is -0.310 e. The second kappa shape index (κ2) is 16.3. The molecule has 0 fully saturated rings. The predicted molar refractivity (Wildman–Crippen MR) is 287 cm³/mol. The molecule has 318 valence electrons. The van der Waals surface area contributed by atoms with Crippen LogP contribution in [-0.4, -0.2) is 0 Å². The molecule has 0 unspecified atom stereocenters. The molecule has 0 saturated carbocycles. The maximum absolute atomic E-state index is 2.42. The van der Waals surface area contributed by atoms with Gasteiger partial charge < -0.3 is 4.90 Å². The molecule has 0 heterocycles. The van der Waals surface area contributed by atoms with Crippen LogP contribution in [0.4, 0.5) is 17.1 Å². The van der Waals surface area contributed by atoms with E-state index in [1.165, 1.54) is 99.1 Å². The second-order valence-electron chi connectivity index (χ2n) is 18.0. The SMILES string of the molecule is c1ccc(C2(c3ccccc3)c3ccccc3-c3cc(N(c4ccc(-c5ccc(-c6ccc7ccccc7c6)cc5)cc4)c4ccc(-c5cccc6c5ccc5ccccc56)cc4)ccc32)cc1. The summed E-state index contributed by atoms with van der Waals surface area (Å²) in [6, 6.07) is 101. The van der Waals surface area contributed by atoms with Gasteiger partial charge in [0.15, 0.2) is 0 Å². The Morgan fingerprint density at radius 1 is 0.235 bits per heavy atom. The molecule has 1 aliphatic rings. The zero-order valence-corrected chi connectivity index (χ0v) is 37.4. The Kier molecular flexibility index (Phi) is 9.47. The van der Waals surface area contributed by atoms with Crippen molar-refractivity contribution in [3.8, 4) is 44.5 Å². The van der Waals surface area contributed by atoms with Crippen molar-refractivity contribution < 1.29 is 0 Å². The Morgan fingerprint density at radius 2 is 0.721 bits per heavy atom. The Morgan fingerprint density at radius 3 is 1.43 bits per heavy atom. The van der Waals surface area contributed by atoms with Crippen LogP contribution in [0.2, 0.25) is 0 Å². The summed E-state index contributed by atoms with van der Waals surface area (Å²) < 4.78 is 0. The van der Waals surface area contributed by atoms with Crippen LogP contribution in [0, 0.1) is 0 Å². The first-order chi connectivity index (χ1) is 33.7. The van der Waals surface area contributed by atoms with E-state index in [0.717, 1.165) is 17.1 Å². The second-order valence-corrected chi connectivity index (χ2v) is 18.0. The number of hydrogen-bond acceptors (Lipinski definition) is 1. The molecular weight excluding hydrogens is 819 g/mol. The van der Waals surface area contributed by atoms with Crippen molar-refractivity contribution in [2.24, 2.45) is 0 Å². The Hall–Kier alpha value is -8.78. The van der Waals surface area contributed by atoms with E-state index in [1.807, 2.05) is 0 Å². The lowest BCUT2D eigenvalue weighted by Gasteiger charge is -2.34. The summed E-state index contributed by atoms with van der Waals surface area (Å²) in [5.41, 5.74) is 17.7. The minimum atomic E-state index is -0.464. The summed E-state index contributed by atoms with van der Waals surface area (Å²) >= 11 is 0. The molecule has 0 N–H and O–H groups in total. The van der Waals surface area contributed by atoms with Crippen molar-refractivity contribution in [1.29, 1.82) is 0 Å². The van der Waals surface area contributed by atoms with Crippen LogP contribution in [0.5, 0.6) is 0 Å². The van der Waals surface area contributed by atoms with Crippen LogP contribution in [0.3, 0.4) is 0 Å². The molecule has 0 bridgehead atoms. The van der Waals surface area contributed by atoms with Gasteiger partial charge in [-0.15, -0.1) is 0 Å². The lowest BCUT2D eigenvalue weighted by atomic mass is 9.68. The molecule has 0 saturated heterocycles. The van der Waals surface area contributed by atoms with Gasteiger partial charge in [-0.1, -0.05) is 231 Å². The van der Waals surface area contributed by atoms with Crippen molar-refractivity contribution in [1.82, 2.24) is 0 Å². The van der Waals surface area contributed by atoms with E-state index in [4.69, 9.17) is 0 Å². The number of fused-ring (bicyclic) bond motifs is 7. The van der Waals surface area contributed by atoms with E-state index >= 15 is 0 Å². The van der Waals surface area contributed by atoms with Gasteiger partial charge in [-0.3, -0.25) is 0 Å². The van der Waals surface area contributed by atoms with Crippen LogP contribution in [0.25, 0.3) is 76.8 Å². The molecule has 1 heteroatoms. The number of rotatable bonds is 8. The van der Waals surface area contributed by atoms with Gasteiger partial charge in [-0.25, -0.2) is 0 Å². The van der Waals surface area contributed by atoms with Crippen molar-refractivity contribution in [3.05, 3.63) is 295 Å². The van der Waals surface area contributed by atoms with Gasteiger partial charge in [0, 0.05) is 17.1 Å². The van der Waals surface area contributed by atoms with Gasteiger partial charge >= 0.3 is 0 Å². The zero-order chi connectivity index (χ0) is 45.0. The fraction of sp³-hybridized carbons (Fsp3) is 0.0149. The molecular formula is C67H45N. The molecule has 0 amide bonds. The van der Waals surface area contributed by atoms with Crippen LogP contribution in [0.1, 0.15) is 22.3 Å². The fourth-order valence-electron chi connectivity index (χ4n) is 11.1. The molecule has 0 aliphatic heterocycles. The summed E-state index contributed by atoms with van der Waals surface area (Å²) in [6.07, 6.45) is 0. The summed E-state index contributed by atoms with van der Waals surface area (Å²) in [6.45, 7) is 0. The standard InChI is InChI=1S/C67H45N/c1-3-17-54(18-4-1)67(55-19-5-2-6-20-55)65-25-12-11-22-63(65)64-45-58(41-43-66(64)67)68(57-39-34-51(35-40-57)60-23-13-24-61-59-21-10-9-15-50(59)36-42-62(60)61)56-37-32-48(33-38-56)47-26-28-49(29-27-47)53-31-30-46-14-7-8-16-52(46)44-53/h1-45H. The lowest BCUT2D eigenvalue weighted by Crippen LogP contribution is -2.28. The Labute approximate surface area is 397 Å². The molecule has 1 nitrogen and oxygen atoms in total. The van der Waals surface area contributed by atoms with Crippen molar-refractivity contribution >= 4 is 49.4 Å². The van der Waals surface area contributed by atoms with Gasteiger partial charge in [0.05, 0.1) is 5.41 Å². The highest BCUT2D eigenvalue weighted by molar-refractivity contribution is 6.12. The van der Waals surface area contributed by atoms with Crippen molar-refractivity contribution in [3.63, 3.8) is 0 Å². The van der Waals surface area contributed by atoms with E-state index in [1.54, 1.807) is 0 Å². The normalized spacial score (nSPS) is 12.5. The van der Waals surface area contributed by atoms with Gasteiger partial charge in [0.25, 0.3) is 0 Å². The Balaban J connectivity index is 0.928. The van der Waals surface area contributed by atoms with Crippen molar-refractivity contribution in [2.45, 2.75) is 5.41 Å². The third-order valence-corrected chi connectivity index (χ3v) is 14.3. The maximum Gasteiger partial charge on any atom is 0.0713 e. The Bertz CT molecular complexity index is 3770. The molecule has 12 aromatic carbocycles. The molecule has 12 aromatic rings. The molecule has 0 radical (unpaired) electrons. The lowest BCUT2D eigenvalue weighted by molar-refractivity contribution is 0.768. The first kappa shape index (κ1) is 39.6. The largest absolute Gasteiger partial charge is 0.310 e. The van der Waals surface area contributed by atoms with E-state index in [9.17, 15) is 0 Å². The van der Waals surface area contributed by atoms with Crippen LogP contribution in [-0.2, 0) is 5.41 Å². The monoisotopic (exact) mass is 863 g/mol. The van der Waals surface area contributed by atoms with Crippen molar-refractivity contribution in [2.75, 3.05) is 4.90 Å². The molecule has 1 aliphatic carbocycles. The third-order valence-electron chi connectivity index (χ3n) is 14.3. The van der Waals surface area contributed by atoms with Crippen LogP contribution in [0.15, 0.2) is 273 Å².